The highest BCUT2D eigenvalue weighted by Gasteiger charge is 2.29. The van der Waals surface area contributed by atoms with Crippen molar-refractivity contribution in [2.24, 2.45) is 0 Å². The third-order valence-electron chi connectivity index (χ3n) is 6.26. The second-order valence-electron chi connectivity index (χ2n) is 8.74. The quantitative estimate of drug-likeness (QED) is 0.375. The van der Waals surface area contributed by atoms with Gasteiger partial charge in [0.15, 0.2) is 17.3 Å². The van der Waals surface area contributed by atoms with E-state index >= 15 is 0 Å². The number of hydrogen-bond donors (Lipinski definition) is 1. The molecule has 3 aromatic carbocycles. The predicted octanol–water partition coefficient (Wildman–Crippen LogP) is 5.82. The van der Waals surface area contributed by atoms with Crippen molar-refractivity contribution >= 4 is 23.2 Å². The van der Waals surface area contributed by atoms with E-state index in [0.29, 0.717) is 34.6 Å². The van der Waals surface area contributed by atoms with Gasteiger partial charge >= 0.3 is 0 Å². The van der Waals surface area contributed by atoms with Crippen molar-refractivity contribution in [1.82, 2.24) is 0 Å². The van der Waals surface area contributed by atoms with Crippen LogP contribution in [0.25, 0.3) is 0 Å². The first-order valence-corrected chi connectivity index (χ1v) is 11.1. The molecule has 0 bridgehead atoms. The summed E-state index contributed by atoms with van der Waals surface area (Å²) in [6.45, 7) is 6.22. The number of ketones is 2. The van der Waals surface area contributed by atoms with Crippen LogP contribution in [0.2, 0.25) is 0 Å². The minimum absolute atomic E-state index is 0.183. The van der Waals surface area contributed by atoms with E-state index in [1.165, 1.54) is 22.3 Å². The summed E-state index contributed by atoms with van der Waals surface area (Å²) < 4.78 is 5.83. The number of anilines is 1. The number of aryl methyl sites for hydroxylation is 3. The van der Waals surface area contributed by atoms with Gasteiger partial charge in [0.1, 0.15) is 5.76 Å². The Hall–Kier alpha value is -4.25. The van der Waals surface area contributed by atoms with E-state index in [9.17, 15) is 14.4 Å². The van der Waals surface area contributed by atoms with Gasteiger partial charge in [-0.1, -0.05) is 42.0 Å². The Balaban J connectivity index is 1.36. The predicted molar refractivity (Wildman–Crippen MR) is 130 cm³/mol. The maximum atomic E-state index is 12.9. The van der Waals surface area contributed by atoms with E-state index in [-0.39, 0.29) is 22.9 Å². The molecule has 1 aromatic heterocycles. The molecule has 5 heteroatoms. The second-order valence-corrected chi connectivity index (χ2v) is 8.74. The van der Waals surface area contributed by atoms with Crippen LogP contribution in [0, 0.1) is 20.8 Å². The lowest BCUT2D eigenvalue weighted by atomic mass is 9.84. The Labute approximate surface area is 197 Å². The van der Waals surface area contributed by atoms with Crippen LogP contribution in [-0.2, 0) is 6.42 Å². The molecule has 1 heterocycles. The lowest BCUT2D eigenvalue weighted by Crippen LogP contribution is -2.21. The fourth-order valence-corrected chi connectivity index (χ4v) is 4.63. The van der Waals surface area contributed by atoms with Crippen LogP contribution in [0.1, 0.15) is 70.4 Å². The highest BCUT2D eigenvalue weighted by molar-refractivity contribution is 6.28. The number of amides is 1. The standard InChI is InChI=1S/C29H23NO4/c1-16-12-17(2)24(18(3)13-16)15-20-9-11-26(34-20)29(33)30-19-8-10-23-25(14-19)28(32)22-7-5-4-6-21(22)27(23)31/h4-14H,15H2,1-3H3,(H,30,33). The van der Waals surface area contributed by atoms with Crippen molar-refractivity contribution in [3.63, 3.8) is 0 Å². The average molecular weight is 450 g/mol. The van der Waals surface area contributed by atoms with Gasteiger partial charge in [-0.05, 0) is 67.8 Å². The van der Waals surface area contributed by atoms with Crippen LogP contribution >= 0.6 is 0 Å². The Morgan fingerprint density at radius 2 is 1.38 bits per heavy atom. The first-order valence-electron chi connectivity index (χ1n) is 11.1. The molecule has 1 aliphatic rings. The summed E-state index contributed by atoms with van der Waals surface area (Å²) in [6, 6.07) is 19.2. The molecule has 4 aromatic rings. The van der Waals surface area contributed by atoms with E-state index in [0.717, 1.165) is 0 Å². The van der Waals surface area contributed by atoms with Gasteiger partial charge in [-0.25, -0.2) is 0 Å². The number of hydrogen-bond acceptors (Lipinski definition) is 4. The van der Waals surface area contributed by atoms with Crippen LogP contribution < -0.4 is 5.32 Å². The van der Waals surface area contributed by atoms with E-state index in [1.807, 2.05) is 0 Å². The number of fused-ring (bicyclic) bond motifs is 2. The fraction of sp³-hybridized carbons (Fsp3) is 0.138. The average Bonchev–Trinajstić information content (AvgIpc) is 3.29. The topological polar surface area (TPSA) is 76.4 Å². The smallest absolute Gasteiger partial charge is 0.291 e. The summed E-state index contributed by atoms with van der Waals surface area (Å²) in [5, 5.41) is 2.78. The summed E-state index contributed by atoms with van der Waals surface area (Å²) in [5.41, 5.74) is 6.60. The van der Waals surface area contributed by atoms with Crippen molar-refractivity contribution in [3.8, 4) is 0 Å². The van der Waals surface area contributed by atoms with Crippen molar-refractivity contribution in [2.75, 3.05) is 5.32 Å². The molecule has 0 fully saturated rings. The summed E-state index contributed by atoms with van der Waals surface area (Å²) in [6.07, 6.45) is 0.597. The Morgan fingerprint density at radius 3 is 2.06 bits per heavy atom. The van der Waals surface area contributed by atoms with Crippen molar-refractivity contribution in [1.29, 1.82) is 0 Å². The van der Waals surface area contributed by atoms with Gasteiger partial charge in [0.25, 0.3) is 5.91 Å². The zero-order chi connectivity index (χ0) is 24.0. The van der Waals surface area contributed by atoms with Gasteiger partial charge in [0.2, 0.25) is 0 Å². The fourth-order valence-electron chi connectivity index (χ4n) is 4.63. The molecule has 0 saturated carbocycles. The Kier molecular flexibility index (Phi) is 5.25. The largest absolute Gasteiger partial charge is 0.456 e. The summed E-state index contributed by atoms with van der Waals surface area (Å²) in [7, 11) is 0. The minimum atomic E-state index is -0.418. The molecule has 0 aliphatic heterocycles. The molecular formula is C29H23NO4. The van der Waals surface area contributed by atoms with Gasteiger partial charge in [0, 0.05) is 34.4 Å². The number of benzene rings is 3. The third kappa shape index (κ3) is 3.75. The Bertz CT molecular complexity index is 1470. The molecule has 5 nitrogen and oxygen atoms in total. The van der Waals surface area contributed by atoms with Crippen molar-refractivity contribution in [3.05, 3.63) is 123 Å². The van der Waals surface area contributed by atoms with Crippen molar-refractivity contribution < 1.29 is 18.8 Å². The Morgan fingerprint density at radius 1 is 0.765 bits per heavy atom. The highest BCUT2D eigenvalue weighted by atomic mass is 16.3. The lowest BCUT2D eigenvalue weighted by molar-refractivity contribution is 0.0979. The molecule has 0 saturated heterocycles. The first-order chi connectivity index (χ1) is 16.3. The highest BCUT2D eigenvalue weighted by Crippen LogP contribution is 2.29. The zero-order valence-corrected chi connectivity index (χ0v) is 19.2. The number of furan rings is 1. The van der Waals surface area contributed by atoms with E-state index in [2.05, 4.69) is 38.2 Å². The maximum absolute atomic E-state index is 12.9. The number of rotatable bonds is 4. The lowest BCUT2D eigenvalue weighted by Gasteiger charge is -2.18. The first kappa shape index (κ1) is 21.6. The minimum Gasteiger partial charge on any atom is -0.456 e. The number of carbonyl (C=O) groups is 3. The van der Waals surface area contributed by atoms with Crippen LogP contribution in [0.5, 0.6) is 0 Å². The van der Waals surface area contributed by atoms with Crippen LogP contribution in [0.4, 0.5) is 5.69 Å². The molecular weight excluding hydrogens is 426 g/mol. The van der Waals surface area contributed by atoms with Gasteiger partial charge in [-0.2, -0.15) is 0 Å². The van der Waals surface area contributed by atoms with E-state index in [4.69, 9.17) is 4.42 Å². The molecule has 0 radical (unpaired) electrons. The molecule has 0 atom stereocenters. The van der Waals surface area contributed by atoms with E-state index in [1.54, 1.807) is 54.6 Å². The molecule has 1 amide bonds. The number of carbonyl (C=O) groups excluding carboxylic acids is 3. The zero-order valence-electron chi connectivity index (χ0n) is 19.2. The van der Waals surface area contributed by atoms with Gasteiger partial charge in [0.05, 0.1) is 0 Å². The monoisotopic (exact) mass is 449 g/mol. The summed E-state index contributed by atoms with van der Waals surface area (Å²) in [5.74, 6) is 0.0373. The van der Waals surface area contributed by atoms with Crippen LogP contribution in [0.15, 0.2) is 71.1 Å². The molecule has 1 N–H and O–H groups in total. The van der Waals surface area contributed by atoms with Gasteiger partial charge in [-0.3, -0.25) is 14.4 Å². The molecule has 0 spiro atoms. The molecule has 1 aliphatic carbocycles. The number of nitrogens with one attached hydrogen (secondary N) is 1. The third-order valence-corrected chi connectivity index (χ3v) is 6.26. The molecule has 5 rings (SSSR count). The summed E-state index contributed by atoms with van der Waals surface area (Å²) >= 11 is 0. The normalized spacial score (nSPS) is 12.3. The molecule has 168 valence electrons. The summed E-state index contributed by atoms with van der Waals surface area (Å²) in [4.78, 5) is 38.5. The van der Waals surface area contributed by atoms with E-state index < -0.39 is 5.91 Å². The van der Waals surface area contributed by atoms with Gasteiger partial charge < -0.3 is 9.73 Å². The molecule has 0 unspecified atom stereocenters. The van der Waals surface area contributed by atoms with Crippen molar-refractivity contribution in [2.45, 2.75) is 27.2 Å². The van der Waals surface area contributed by atoms with Crippen LogP contribution in [-0.4, -0.2) is 17.5 Å². The van der Waals surface area contributed by atoms with Gasteiger partial charge in [-0.15, -0.1) is 0 Å². The van der Waals surface area contributed by atoms with Crippen LogP contribution in [0.3, 0.4) is 0 Å². The SMILES string of the molecule is Cc1cc(C)c(Cc2ccc(C(=O)Nc3ccc4c(c3)C(=O)c3ccccc3C4=O)o2)c(C)c1. The molecule has 34 heavy (non-hydrogen) atoms. The second kappa shape index (κ2) is 8.27. The maximum Gasteiger partial charge on any atom is 0.291 e.